The second-order valence-corrected chi connectivity index (χ2v) is 5.09. The summed E-state index contributed by atoms with van der Waals surface area (Å²) in [4.78, 5) is 17.2. The average Bonchev–Trinajstić information content (AvgIpc) is 2.95. The number of benzene rings is 1. The fourth-order valence-corrected chi connectivity index (χ4v) is 2.52. The molecule has 1 aromatic heterocycles. The van der Waals surface area contributed by atoms with E-state index in [-0.39, 0.29) is 0 Å². The summed E-state index contributed by atoms with van der Waals surface area (Å²) < 4.78 is 0. The van der Waals surface area contributed by atoms with Crippen LogP contribution < -0.4 is 5.73 Å². The van der Waals surface area contributed by atoms with E-state index in [0.29, 0.717) is 6.54 Å². The van der Waals surface area contributed by atoms with Gasteiger partial charge >= 0.3 is 0 Å². The molecule has 1 aromatic carbocycles. The minimum absolute atomic E-state index is 0.678. The second kappa shape index (κ2) is 5.89. The number of rotatable bonds is 3. The van der Waals surface area contributed by atoms with Crippen LogP contribution in [0.5, 0.6) is 0 Å². The molecule has 0 spiro atoms. The molecule has 110 valence electrons. The smallest absolute Gasteiger partial charge is 0.116 e. The molecular weight excluding hydrogens is 274 g/mol. The number of aryl methyl sites for hydroxylation is 1. The third kappa shape index (κ3) is 2.53. The van der Waals surface area contributed by atoms with E-state index in [2.05, 4.69) is 32.1 Å². The number of hydrogen-bond donors (Lipinski definition) is 1. The molecule has 5 heteroatoms. The zero-order valence-corrected chi connectivity index (χ0v) is 12.6. The van der Waals surface area contributed by atoms with Crippen molar-refractivity contribution < 1.29 is 0 Å². The molecule has 2 N–H and O–H groups in total. The van der Waals surface area contributed by atoms with E-state index >= 15 is 0 Å². The van der Waals surface area contributed by atoms with Crippen LogP contribution in [0.15, 0.2) is 46.8 Å². The van der Waals surface area contributed by atoms with Gasteiger partial charge in [-0.2, -0.15) is 0 Å². The van der Waals surface area contributed by atoms with E-state index in [1.165, 1.54) is 5.56 Å². The number of allylic oxidation sites excluding steroid dienone is 1. The van der Waals surface area contributed by atoms with Crippen molar-refractivity contribution in [3.63, 3.8) is 0 Å². The van der Waals surface area contributed by atoms with Gasteiger partial charge in [-0.3, -0.25) is 9.98 Å². The quantitative estimate of drug-likeness (QED) is 0.880. The minimum Gasteiger partial charge on any atom is -0.404 e. The number of hydrogen-bond acceptors (Lipinski definition) is 5. The van der Waals surface area contributed by atoms with Gasteiger partial charge in [0.1, 0.15) is 6.33 Å². The number of fused-ring (bicyclic) bond motifs is 1. The van der Waals surface area contributed by atoms with Gasteiger partial charge in [0.25, 0.3) is 0 Å². The van der Waals surface area contributed by atoms with Gasteiger partial charge < -0.3 is 5.73 Å². The Hall–Kier alpha value is -2.82. The third-order valence-electron chi connectivity index (χ3n) is 3.60. The van der Waals surface area contributed by atoms with Gasteiger partial charge in [-0.05, 0) is 30.2 Å². The van der Waals surface area contributed by atoms with E-state index in [1.807, 2.05) is 19.1 Å². The van der Waals surface area contributed by atoms with E-state index in [1.54, 1.807) is 25.8 Å². The molecule has 0 aliphatic carbocycles. The maximum absolute atomic E-state index is 5.70. The first-order chi connectivity index (χ1) is 10.7. The summed E-state index contributed by atoms with van der Waals surface area (Å²) in [5.41, 5.74) is 12.6. The third-order valence-corrected chi connectivity index (χ3v) is 3.60. The highest BCUT2D eigenvalue weighted by molar-refractivity contribution is 6.16. The summed E-state index contributed by atoms with van der Waals surface area (Å²) in [6.45, 7) is 2.63. The average molecular weight is 291 g/mol. The van der Waals surface area contributed by atoms with Crippen molar-refractivity contribution in [2.24, 2.45) is 15.7 Å². The number of nitrogens with two attached hydrogens (primary N) is 1. The zero-order chi connectivity index (χ0) is 15.5. The standard InChI is InChI=1S/C17H17N5/c1-11-5-16(22-10-21-11)17-15-6-12(14(7-18)8-19-2)3-4-13(15)9-20-17/h3-8,10H,9,18H2,1-2H3. The lowest BCUT2D eigenvalue weighted by Gasteiger charge is -2.07. The van der Waals surface area contributed by atoms with Crippen LogP contribution in [0, 0.1) is 6.92 Å². The molecule has 0 saturated heterocycles. The summed E-state index contributed by atoms with van der Waals surface area (Å²) in [6, 6.07) is 8.18. The molecule has 0 unspecified atom stereocenters. The Morgan fingerprint density at radius 2 is 2.14 bits per heavy atom. The van der Waals surface area contributed by atoms with Crippen molar-refractivity contribution in [3.05, 3.63) is 64.9 Å². The van der Waals surface area contributed by atoms with Crippen molar-refractivity contribution in [1.29, 1.82) is 0 Å². The van der Waals surface area contributed by atoms with Crippen molar-refractivity contribution in [2.75, 3.05) is 7.05 Å². The number of nitrogens with zero attached hydrogens (tertiary/aromatic N) is 4. The molecule has 0 fully saturated rings. The van der Waals surface area contributed by atoms with Crippen LogP contribution in [0.25, 0.3) is 5.57 Å². The number of aliphatic imine (C=N–C) groups is 2. The minimum atomic E-state index is 0.678. The maximum Gasteiger partial charge on any atom is 0.116 e. The fraction of sp³-hybridized carbons (Fsp3) is 0.176. The van der Waals surface area contributed by atoms with Gasteiger partial charge in [0.2, 0.25) is 0 Å². The monoisotopic (exact) mass is 291 g/mol. The van der Waals surface area contributed by atoms with Gasteiger partial charge in [-0.25, -0.2) is 9.97 Å². The van der Waals surface area contributed by atoms with E-state index in [4.69, 9.17) is 5.73 Å². The molecule has 2 heterocycles. The van der Waals surface area contributed by atoms with Crippen LogP contribution in [0.1, 0.15) is 28.1 Å². The molecule has 1 aliphatic rings. The van der Waals surface area contributed by atoms with E-state index in [9.17, 15) is 0 Å². The highest BCUT2D eigenvalue weighted by Crippen LogP contribution is 2.25. The first kappa shape index (κ1) is 14.1. The predicted octanol–water partition coefficient (Wildman–Crippen LogP) is 2.14. The number of aromatic nitrogens is 2. The Morgan fingerprint density at radius 3 is 2.86 bits per heavy atom. The van der Waals surface area contributed by atoms with Gasteiger partial charge in [-0.1, -0.05) is 12.1 Å². The van der Waals surface area contributed by atoms with Crippen molar-refractivity contribution >= 4 is 17.5 Å². The van der Waals surface area contributed by atoms with Gasteiger partial charge in [0.15, 0.2) is 0 Å². The summed E-state index contributed by atoms with van der Waals surface area (Å²) in [5.74, 6) is 0. The lowest BCUT2D eigenvalue weighted by atomic mass is 9.97. The van der Waals surface area contributed by atoms with Gasteiger partial charge in [-0.15, -0.1) is 0 Å². The lowest BCUT2D eigenvalue weighted by Crippen LogP contribution is -2.05. The SMILES string of the molecule is CN=CC(=CN)c1ccc2c(c1)C(c1cc(C)ncn1)=NC2. The largest absolute Gasteiger partial charge is 0.404 e. The Bertz CT molecular complexity index is 802. The molecule has 0 atom stereocenters. The van der Waals surface area contributed by atoms with Crippen LogP contribution in [0.3, 0.4) is 0 Å². The first-order valence-electron chi connectivity index (χ1n) is 7.04. The molecule has 0 saturated carbocycles. The molecule has 0 amide bonds. The van der Waals surface area contributed by atoms with Crippen LogP contribution >= 0.6 is 0 Å². The van der Waals surface area contributed by atoms with E-state index in [0.717, 1.165) is 33.8 Å². The summed E-state index contributed by atoms with van der Waals surface area (Å²) in [7, 11) is 1.73. The lowest BCUT2D eigenvalue weighted by molar-refractivity contribution is 1.08. The van der Waals surface area contributed by atoms with Crippen molar-refractivity contribution in [2.45, 2.75) is 13.5 Å². The summed E-state index contributed by atoms with van der Waals surface area (Å²) in [5, 5.41) is 0. The topological polar surface area (TPSA) is 76.5 Å². The maximum atomic E-state index is 5.70. The molecule has 22 heavy (non-hydrogen) atoms. The highest BCUT2D eigenvalue weighted by Gasteiger charge is 2.19. The summed E-state index contributed by atoms with van der Waals surface area (Å²) in [6.07, 6.45) is 4.89. The van der Waals surface area contributed by atoms with Crippen LogP contribution in [0.4, 0.5) is 0 Å². The van der Waals surface area contributed by atoms with Gasteiger partial charge in [0, 0.05) is 36.3 Å². The molecule has 0 bridgehead atoms. The zero-order valence-electron chi connectivity index (χ0n) is 12.6. The molecule has 1 aliphatic heterocycles. The van der Waals surface area contributed by atoms with Crippen LogP contribution in [-0.4, -0.2) is 28.9 Å². The van der Waals surface area contributed by atoms with Crippen molar-refractivity contribution in [3.8, 4) is 0 Å². The Kier molecular flexibility index (Phi) is 3.78. The Morgan fingerprint density at radius 1 is 1.27 bits per heavy atom. The van der Waals surface area contributed by atoms with Crippen LogP contribution in [0.2, 0.25) is 0 Å². The first-order valence-corrected chi connectivity index (χ1v) is 7.04. The second-order valence-electron chi connectivity index (χ2n) is 5.09. The molecule has 5 nitrogen and oxygen atoms in total. The highest BCUT2D eigenvalue weighted by atomic mass is 14.9. The molecule has 3 rings (SSSR count). The fourth-order valence-electron chi connectivity index (χ4n) is 2.52. The summed E-state index contributed by atoms with van der Waals surface area (Å²) >= 11 is 0. The van der Waals surface area contributed by atoms with Gasteiger partial charge in [0.05, 0.1) is 18.0 Å². The van der Waals surface area contributed by atoms with Crippen molar-refractivity contribution in [1.82, 2.24) is 9.97 Å². The van der Waals surface area contributed by atoms with E-state index < -0.39 is 0 Å². The Balaban J connectivity index is 2.06. The molecule has 0 radical (unpaired) electrons. The predicted molar refractivity (Wildman–Crippen MR) is 89.1 cm³/mol. The molecular formula is C17H17N5. The van der Waals surface area contributed by atoms with Crippen LogP contribution in [-0.2, 0) is 6.54 Å². The molecule has 2 aromatic rings. The normalized spacial score (nSPS) is 14.3. The Labute approximate surface area is 129 Å².